The van der Waals surface area contributed by atoms with Gasteiger partial charge in [-0.3, -0.25) is 0 Å². The molecule has 4 nitrogen and oxygen atoms in total. The molecule has 0 aliphatic rings. The summed E-state index contributed by atoms with van der Waals surface area (Å²) in [6.45, 7) is 0. The van der Waals surface area contributed by atoms with Crippen molar-refractivity contribution in [2.24, 2.45) is 0 Å². The predicted molar refractivity (Wildman–Crippen MR) is 63.6 cm³/mol. The summed E-state index contributed by atoms with van der Waals surface area (Å²) in [5.74, 6) is 0.0449. The lowest BCUT2D eigenvalue weighted by Crippen LogP contribution is -1.97. The minimum atomic E-state index is 0.0154. The molecule has 0 radical (unpaired) electrons. The number of nitrogens with zero attached hydrogens (tertiary/aromatic N) is 2. The van der Waals surface area contributed by atoms with Crippen LogP contribution in [0, 0.1) is 0 Å². The summed E-state index contributed by atoms with van der Waals surface area (Å²) in [6.07, 6.45) is 0. The number of halogens is 2. The predicted octanol–water partition coefficient (Wildman–Crippen LogP) is 2.74. The van der Waals surface area contributed by atoms with Crippen LogP contribution in [0.25, 0.3) is 11.3 Å². The van der Waals surface area contributed by atoms with Gasteiger partial charge in [0.2, 0.25) is 5.95 Å². The maximum atomic E-state index is 9.70. The molecule has 6 heteroatoms. The second-order valence-corrected chi connectivity index (χ2v) is 3.86. The van der Waals surface area contributed by atoms with Crippen LogP contribution in [0.4, 0.5) is 5.95 Å². The molecule has 0 bridgehead atoms. The number of aromatic nitrogens is 2. The lowest BCUT2D eigenvalue weighted by atomic mass is 10.1. The highest BCUT2D eigenvalue weighted by atomic mass is 35.5. The van der Waals surface area contributed by atoms with Gasteiger partial charge < -0.3 is 10.8 Å². The standard InChI is InChI=1S/C10H7Cl2N3O/c11-5-2-1-3-7(16)9(5)6-4-8(12)15-10(13)14-6/h1-4,16H,(H2,13,14,15). The minimum absolute atomic E-state index is 0.0154. The average Bonchev–Trinajstić information content (AvgIpc) is 2.15. The van der Waals surface area contributed by atoms with E-state index in [4.69, 9.17) is 28.9 Å². The summed E-state index contributed by atoms with van der Waals surface area (Å²) in [7, 11) is 0. The van der Waals surface area contributed by atoms with Crippen LogP contribution in [0.3, 0.4) is 0 Å². The van der Waals surface area contributed by atoms with Gasteiger partial charge in [0, 0.05) is 6.07 Å². The minimum Gasteiger partial charge on any atom is -0.507 e. The SMILES string of the molecule is Nc1nc(Cl)cc(-c2c(O)cccc2Cl)n1. The molecule has 0 saturated heterocycles. The Morgan fingerprint density at radius 3 is 2.56 bits per heavy atom. The highest BCUT2D eigenvalue weighted by molar-refractivity contribution is 6.34. The van der Waals surface area contributed by atoms with E-state index in [9.17, 15) is 5.11 Å². The van der Waals surface area contributed by atoms with Gasteiger partial charge in [-0.25, -0.2) is 9.97 Å². The Labute approximate surface area is 102 Å². The molecule has 0 atom stereocenters. The second kappa shape index (κ2) is 4.15. The van der Waals surface area contributed by atoms with Crippen molar-refractivity contribution in [3.05, 3.63) is 34.4 Å². The summed E-state index contributed by atoms with van der Waals surface area (Å²) < 4.78 is 0. The van der Waals surface area contributed by atoms with E-state index < -0.39 is 0 Å². The van der Waals surface area contributed by atoms with Crippen molar-refractivity contribution in [1.29, 1.82) is 0 Å². The molecule has 0 saturated carbocycles. The van der Waals surface area contributed by atoms with Crippen molar-refractivity contribution in [2.75, 3.05) is 5.73 Å². The van der Waals surface area contributed by atoms with Crippen LogP contribution in [0.2, 0.25) is 10.2 Å². The number of rotatable bonds is 1. The van der Waals surface area contributed by atoms with Crippen molar-refractivity contribution < 1.29 is 5.11 Å². The molecule has 0 amide bonds. The molecule has 0 unspecified atom stereocenters. The number of benzene rings is 1. The number of anilines is 1. The smallest absolute Gasteiger partial charge is 0.221 e. The largest absolute Gasteiger partial charge is 0.507 e. The molecule has 3 N–H and O–H groups in total. The monoisotopic (exact) mass is 255 g/mol. The van der Waals surface area contributed by atoms with E-state index in [2.05, 4.69) is 9.97 Å². The zero-order valence-electron chi connectivity index (χ0n) is 7.98. The van der Waals surface area contributed by atoms with Crippen LogP contribution in [-0.2, 0) is 0 Å². The van der Waals surface area contributed by atoms with Gasteiger partial charge >= 0.3 is 0 Å². The Bertz CT molecular complexity index is 505. The van der Waals surface area contributed by atoms with Gasteiger partial charge in [-0.1, -0.05) is 29.3 Å². The summed E-state index contributed by atoms with van der Waals surface area (Å²) in [6, 6.07) is 6.27. The molecular formula is C10H7Cl2N3O. The van der Waals surface area contributed by atoms with E-state index in [0.29, 0.717) is 16.3 Å². The average molecular weight is 256 g/mol. The van der Waals surface area contributed by atoms with Gasteiger partial charge in [0.05, 0.1) is 16.3 Å². The molecule has 0 fully saturated rings. The van der Waals surface area contributed by atoms with Crippen molar-refractivity contribution >= 4 is 29.2 Å². The topological polar surface area (TPSA) is 72.0 Å². The zero-order chi connectivity index (χ0) is 11.7. The third kappa shape index (κ3) is 2.03. The van der Waals surface area contributed by atoms with Crippen LogP contribution in [0.5, 0.6) is 5.75 Å². The van der Waals surface area contributed by atoms with E-state index in [1.807, 2.05) is 0 Å². The van der Waals surface area contributed by atoms with Gasteiger partial charge in [0.1, 0.15) is 10.9 Å². The molecule has 2 rings (SSSR count). The Morgan fingerprint density at radius 2 is 1.94 bits per heavy atom. The van der Waals surface area contributed by atoms with Crippen LogP contribution in [0.15, 0.2) is 24.3 Å². The van der Waals surface area contributed by atoms with Crippen molar-refractivity contribution in [3.63, 3.8) is 0 Å². The number of hydrogen-bond donors (Lipinski definition) is 2. The third-order valence-corrected chi connectivity index (χ3v) is 2.47. The van der Waals surface area contributed by atoms with Gasteiger partial charge in [0.25, 0.3) is 0 Å². The van der Waals surface area contributed by atoms with Crippen LogP contribution in [0.1, 0.15) is 0 Å². The molecule has 0 spiro atoms. The highest BCUT2D eigenvalue weighted by Gasteiger charge is 2.11. The first-order valence-corrected chi connectivity index (χ1v) is 5.11. The molecule has 0 aliphatic carbocycles. The van der Waals surface area contributed by atoms with Crippen LogP contribution in [-0.4, -0.2) is 15.1 Å². The molecule has 1 aromatic carbocycles. The number of nitrogen functional groups attached to an aromatic ring is 1. The molecule has 0 aliphatic heterocycles. The zero-order valence-corrected chi connectivity index (χ0v) is 9.50. The Balaban J connectivity index is 2.67. The van der Waals surface area contributed by atoms with Gasteiger partial charge in [0.15, 0.2) is 0 Å². The number of phenolic OH excluding ortho intramolecular Hbond substituents is 1. The fraction of sp³-hybridized carbons (Fsp3) is 0. The fourth-order valence-electron chi connectivity index (χ4n) is 1.33. The van der Waals surface area contributed by atoms with E-state index in [0.717, 1.165) is 0 Å². The van der Waals surface area contributed by atoms with Gasteiger partial charge in [-0.05, 0) is 12.1 Å². The number of aromatic hydroxyl groups is 1. The molecular weight excluding hydrogens is 249 g/mol. The molecule has 82 valence electrons. The second-order valence-electron chi connectivity index (χ2n) is 3.07. The van der Waals surface area contributed by atoms with Gasteiger partial charge in [-0.2, -0.15) is 0 Å². The van der Waals surface area contributed by atoms with Crippen molar-refractivity contribution in [1.82, 2.24) is 9.97 Å². The molecule has 1 aromatic heterocycles. The number of phenols is 1. The Morgan fingerprint density at radius 1 is 1.19 bits per heavy atom. The maximum absolute atomic E-state index is 9.70. The van der Waals surface area contributed by atoms with Crippen LogP contribution < -0.4 is 5.73 Å². The van der Waals surface area contributed by atoms with E-state index >= 15 is 0 Å². The van der Waals surface area contributed by atoms with E-state index in [-0.39, 0.29) is 16.9 Å². The first-order chi connectivity index (χ1) is 7.58. The van der Waals surface area contributed by atoms with Crippen molar-refractivity contribution in [3.8, 4) is 17.0 Å². The Hall–Kier alpha value is -1.52. The van der Waals surface area contributed by atoms with Crippen LogP contribution >= 0.6 is 23.2 Å². The lowest BCUT2D eigenvalue weighted by Gasteiger charge is -2.06. The van der Waals surface area contributed by atoms with Crippen molar-refractivity contribution in [2.45, 2.75) is 0 Å². The summed E-state index contributed by atoms with van der Waals surface area (Å²) in [5, 5.41) is 10.3. The third-order valence-electron chi connectivity index (χ3n) is 1.96. The fourth-order valence-corrected chi connectivity index (χ4v) is 1.79. The first-order valence-electron chi connectivity index (χ1n) is 4.36. The Kier molecular flexibility index (Phi) is 2.85. The normalized spacial score (nSPS) is 10.4. The lowest BCUT2D eigenvalue weighted by molar-refractivity contribution is 0.477. The highest BCUT2D eigenvalue weighted by Crippen LogP contribution is 2.35. The summed E-state index contributed by atoms with van der Waals surface area (Å²) in [5.41, 5.74) is 6.24. The molecule has 1 heterocycles. The number of nitrogens with two attached hydrogens (primary N) is 1. The van der Waals surface area contributed by atoms with Gasteiger partial charge in [-0.15, -0.1) is 0 Å². The summed E-state index contributed by atoms with van der Waals surface area (Å²) >= 11 is 11.7. The molecule has 16 heavy (non-hydrogen) atoms. The molecule has 2 aromatic rings. The first kappa shape index (κ1) is 11.0. The quantitative estimate of drug-likeness (QED) is 0.769. The van der Waals surface area contributed by atoms with E-state index in [1.54, 1.807) is 12.1 Å². The number of hydrogen-bond acceptors (Lipinski definition) is 4. The maximum Gasteiger partial charge on any atom is 0.221 e. The van der Waals surface area contributed by atoms with E-state index in [1.165, 1.54) is 12.1 Å². The summed E-state index contributed by atoms with van der Waals surface area (Å²) in [4.78, 5) is 7.69.